The van der Waals surface area contributed by atoms with E-state index in [1.54, 1.807) is 35.3 Å². The van der Waals surface area contributed by atoms with Crippen molar-refractivity contribution in [2.24, 2.45) is 5.73 Å². The van der Waals surface area contributed by atoms with Gasteiger partial charge in [0.05, 0.1) is 10.7 Å². The van der Waals surface area contributed by atoms with Crippen LogP contribution in [-0.4, -0.2) is 22.1 Å². The van der Waals surface area contributed by atoms with E-state index >= 15 is 0 Å². The van der Waals surface area contributed by atoms with Crippen molar-refractivity contribution in [1.82, 2.24) is 9.78 Å². The van der Waals surface area contributed by atoms with Crippen LogP contribution >= 0.6 is 11.6 Å². The van der Waals surface area contributed by atoms with Gasteiger partial charge in [-0.25, -0.2) is 4.68 Å². The molecule has 0 aliphatic rings. The zero-order valence-electron chi connectivity index (χ0n) is 9.14. The summed E-state index contributed by atoms with van der Waals surface area (Å²) in [6.07, 6.45) is 3.80. The zero-order valence-corrected chi connectivity index (χ0v) is 9.89. The predicted molar refractivity (Wildman–Crippen MR) is 66.6 cm³/mol. The molecular weight excluding hydrogens is 238 g/mol. The number of hydrogen-bond acceptors (Lipinski definition) is 3. The maximum Gasteiger partial charge on any atom is 0.164 e. The number of nitrogens with zero attached hydrogens (tertiary/aromatic N) is 2. The van der Waals surface area contributed by atoms with Crippen molar-refractivity contribution < 1.29 is 4.79 Å². The molecule has 0 saturated carbocycles. The molecule has 0 bridgehead atoms. The summed E-state index contributed by atoms with van der Waals surface area (Å²) in [6, 6.07) is 6.97. The van der Waals surface area contributed by atoms with Crippen LogP contribution in [0.1, 0.15) is 16.8 Å². The summed E-state index contributed by atoms with van der Waals surface area (Å²) in [6.45, 7) is 0.345. The summed E-state index contributed by atoms with van der Waals surface area (Å²) in [7, 11) is 0. The van der Waals surface area contributed by atoms with Crippen molar-refractivity contribution in [3.05, 3.63) is 47.2 Å². The lowest BCUT2D eigenvalue weighted by molar-refractivity contribution is 0.0985. The molecule has 88 valence electrons. The third-order valence-electron chi connectivity index (χ3n) is 2.39. The fourth-order valence-corrected chi connectivity index (χ4v) is 1.82. The van der Waals surface area contributed by atoms with E-state index in [9.17, 15) is 4.79 Å². The van der Waals surface area contributed by atoms with Crippen LogP contribution in [0.2, 0.25) is 5.02 Å². The Morgan fingerprint density at radius 2 is 2.29 bits per heavy atom. The first-order valence-corrected chi connectivity index (χ1v) is 5.63. The zero-order chi connectivity index (χ0) is 12.3. The molecule has 0 fully saturated rings. The Labute approximate surface area is 104 Å². The van der Waals surface area contributed by atoms with E-state index in [0.29, 0.717) is 23.6 Å². The third-order valence-corrected chi connectivity index (χ3v) is 2.70. The van der Waals surface area contributed by atoms with Gasteiger partial charge in [0, 0.05) is 24.4 Å². The van der Waals surface area contributed by atoms with Crippen LogP contribution in [0.5, 0.6) is 0 Å². The van der Waals surface area contributed by atoms with Crippen molar-refractivity contribution in [2.75, 3.05) is 6.54 Å². The van der Waals surface area contributed by atoms with Gasteiger partial charge in [-0.2, -0.15) is 5.10 Å². The number of rotatable bonds is 4. The first-order valence-electron chi connectivity index (χ1n) is 5.25. The summed E-state index contributed by atoms with van der Waals surface area (Å²) < 4.78 is 1.65. The monoisotopic (exact) mass is 249 g/mol. The number of benzene rings is 1. The molecule has 1 aromatic carbocycles. The van der Waals surface area contributed by atoms with Crippen LogP contribution in [0, 0.1) is 0 Å². The Bertz CT molecular complexity index is 523. The number of carbonyl (C=O) groups is 1. The molecule has 0 aliphatic heterocycles. The molecule has 2 rings (SSSR count). The molecule has 0 aliphatic carbocycles. The second-order valence-corrected chi connectivity index (χ2v) is 3.99. The Hall–Kier alpha value is -1.65. The topological polar surface area (TPSA) is 60.9 Å². The van der Waals surface area contributed by atoms with Gasteiger partial charge >= 0.3 is 0 Å². The van der Waals surface area contributed by atoms with Crippen LogP contribution in [0.15, 0.2) is 36.7 Å². The van der Waals surface area contributed by atoms with Crippen molar-refractivity contribution >= 4 is 17.4 Å². The average Bonchev–Trinajstić information content (AvgIpc) is 2.82. The van der Waals surface area contributed by atoms with Gasteiger partial charge in [0.2, 0.25) is 0 Å². The molecule has 1 heterocycles. The summed E-state index contributed by atoms with van der Waals surface area (Å²) in [5, 5.41) is 4.58. The number of carbonyl (C=O) groups excluding carboxylic acids is 1. The summed E-state index contributed by atoms with van der Waals surface area (Å²) in [5.41, 5.74) is 6.67. The van der Waals surface area contributed by atoms with Crippen LogP contribution in [0.3, 0.4) is 0 Å². The maximum absolute atomic E-state index is 11.6. The van der Waals surface area contributed by atoms with Gasteiger partial charge in [-0.3, -0.25) is 4.79 Å². The fraction of sp³-hybridized carbons (Fsp3) is 0.167. The Kier molecular flexibility index (Phi) is 3.56. The van der Waals surface area contributed by atoms with Gasteiger partial charge in [-0.15, -0.1) is 0 Å². The molecular formula is C12H12ClN3O. The highest BCUT2D eigenvalue weighted by Gasteiger charge is 2.09. The van der Waals surface area contributed by atoms with Gasteiger partial charge < -0.3 is 5.73 Å². The van der Waals surface area contributed by atoms with Crippen LogP contribution < -0.4 is 5.73 Å². The average molecular weight is 250 g/mol. The van der Waals surface area contributed by atoms with Gasteiger partial charge in [0.15, 0.2) is 5.78 Å². The summed E-state index contributed by atoms with van der Waals surface area (Å²) >= 11 is 6.12. The molecule has 0 spiro atoms. The third kappa shape index (κ3) is 2.54. The molecule has 1 aromatic heterocycles. The normalized spacial score (nSPS) is 10.5. The van der Waals surface area contributed by atoms with Crippen molar-refractivity contribution in [1.29, 1.82) is 0 Å². The fourth-order valence-electron chi connectivity index (χ4n) is 1.55. The van der Waals surface area contributed by atoms with E-state index in [0.717, 1.165) is 5.69 Å². The second-order valence-electron chi connectivity index (χ2n) is 3.58. The molecule has 0 saturated heterocycles. The van der Waals surface area contributed by atoms with E-state index in [-0.39, 0.29) is 5.78 Å². The minimum Gasteiger partial charge on any atom is -0.330 e. The largest absolute Gasteiger partial charge is 0.330 e. The molecule has 2 N–H and O–H groups in total. The van der Waals surface area contributed by atoms with Gasteiger partial charge in [-0.05, 0) is 30.8 Å². The van der Waals surface area contributed by atoms with Gasteiger partial charge in [-0.1, -0.05) is 11.6 Å². The first-order chi connectivity index (χ1) is 8.22. The molecule has 0 amide bonds. The van der Waals surface area contributed by atoms with E-state index in [1.165, 1.54) is 0 Å². The lowest BCUT2D eigenvalue weighted by Gasteiger charge is -2.06. The van der Waals surface area contributed by atoms with Crippen molar-refractivity contribution in [3.8, 4) is 5.69 Å². The molecule has 0 unspecified atom stereocenters. The number of hydrogen-bond donors (Lipinski definition) is 1. The molecule has 2 aromatic rings. The first kappa shape index (κ1) is 11.8. The molecule has 4 nitrogen and oxygen atoms in total. The lowest BCUT2D eigenvalue weighted by Crippen LogP contribution is -2.08. The highest BCUT2D eigenvalue weighted by molar-refractivity contribution is 6.32. The van der Waals surface area contributed by atoms with Crippen LogP contribution in [0.25, 0.3) is 5.69 Å². The van der Waals surface area contributed by atoms with Crippen molar-refractivity contribution in [3.63, 3.8) is 0 Å². The SMILES string of the molecule is NCCC(=O)c1ccc(-n2cccn2)c(Cl)c1. The number of Topliss-reactive ketones (excluding diaryl/α,β-unsaturated/α-hetero) is 1. The predicted octanol–water partition coefficient (Wildman–Crippen LogP) is 2.06. The van der Waals surface area contributed by atoms with Crippen molar-refractivity contribution in [2.45, 2.75) is 6.42 Å². The number of nitrogens with two attached hydrogens (primary N) is 1. The van der Waals surface area contributed by atoms with E-state index < -0.39 is 0 Å². The maximum atomic E-state index is 11.6. The van der Waals surface area contributed by atoms with E-state index in [1.807, 2.05) is 6.07 Å². The van der Waals surface area contributed by atoms with Gasteiger partial charge in [0.1, 0.15) is 0 Å². The Balaban J connectivity index is 2.32. The number of ketones is 1. The lowest BCUT2D eigenvalue weighted by atomic mass is 10.1. The Morgan fingerprint density at radius 1 is 1.47 bits per heavy atom. The second kappa shape index (κ2) is 5.12. The number of aromatic nitrogens is 2. The quantitative estimate of drug-likeness (QED) is 0.844. The molecule has 0 radical (unpaired) electrons. The summed E-state index contributed by atoms with van der Waals surface area (Å²) in [5.74, 6) is 0.00131. The minimum atomic E-state index is 0.00131. The number of halogens is 1. The van der Waals surface area contributed by atoms with Crippen LogP contribution in [0.4, 0.5) is 0 Å². The molecule has 0 atom stereocenters. The standard InChI is InChI=1S/C12H12ClN3O/c13-10-8-9(12(17)4-5-14)2-3-11(10)16-7-1-6-15-16/h1-3,6-8H,4-5,14H2. The smallest absolute Gasteiger partial charge is 0.164 e. The summed E-state index contributed by atoms with van der Waals surface area (Å²) in [4.78, 5) is 11.6. The van der Waals surface area contributed by atoms with Gasteiger partial charge in [0.25, 0.3) is 0 Å². The van der Waals surface area contributed by atoms with E-state index in [2.05, 4.69) is 5.10 Å². The highest BCUT2D eigenvalue weighted by Crippen LogP contribution is 2.21. The Morgan fingerprint density at radius 3 is 2.88 bits per heavy atom. The van der Waals surface area contributed by atoms with Crippen LogP contribution in [-0.2, 0) is 0 Å². The minimum absolute atomic E-state index is 0.00131. The molecule has 5 heteroatoms. The highest BCUT2D eigenvalue weighted by atomic mass is 35.5. The van der Waals surface area contributed by atoms with E-state index in [4.69, 9.17) is 17.3 Å². The molecule has 17 heavy (non-hydrogen) atoms.